The Kier molecular flexibility index (Phi) is 6.32. The number of hydrogen-bond donors (Lipinski definition) is 1. The third-order valence-electron chi connectivity index (χ3n) is 4.93. The molecule has 0 aliphatic carbocycles. The predicted octanol–water partition coefficient (Wildman–Crippen LogP) is 3.14. The van der Waals surface area contributed by atoms with Crippen molar-refractivity contribution in [3.63, 3.8) is 0 Å². The molecule has 0 atom stereocenters. The third kappa shape index (κ3) is 4.46. The molecule has 1 aliphatic heterocycles. The Morgan fingerprint density at radius 2 is 1.77 bits per heavy atom. The fourth-order valence-corrected chi connectivity index (χ4v) is 3.37. The fourth-order valence-electron chi connectivity index (χ4n) is 3.37. The first kappa shape index (κ1) is 20.7. The summed E-state index contributed by atoms with van der Waals surface area (Å²) in [5.41, 5.74) is 2.26. The molecule has 1 aromatic carbocycles. The lowest BCUT2D eigenvalue weighted by molar-refractivity contribution is 0.122. The Hall–Kier alpha value is -3.59. The number of morpholine rings is 1. The van der Waals surface area contributed by atoms with Gasteiger partial charge in [0.15, 0.2) is 23.1 Å². The maximum absolute atomic E-state index is 5.75. The topological polar surface area (TPSA) is 90.9 Å². The Labute approximate surface area is 181 Å². The van der Waals surface area contributed by atoms with E-state index in [-0.39, 0.29) is 0 Å². The Morgan fingerprint density at radius 1 is 0.968 bits per heavy atom. The van der Waals surface area contributed by atoms with Crippen molar-refractivity contribution in [2.24, 2.45) is 0 Å². The molecule has 3 heterocycles. The maximum atomic E-state index is 5.75. The molecule has 0 saturated carbocycles. The van der Waals surface area contributed by atoms with Crippen molar-refractivity contribution < 1.29 is 18.9 Å². The Balaban J connectivity index is 1.85. The van der Waals surface area contributed by atoms with Gasteiger partial charge in [-0.15, -0.1) is 0 Å². The summed E-state index contributed by atoms with van der Waals surface area (Å²) in [5.74, 6) is 2.92. The molecule has 4 rings (SSSR count). The first-order valence-electron chi connectivity index (χ1n) is 9.91. The van der Waals surface area contributed by atoms with Gasteiger partial charge in [-0.3, -0.25) is 4.98 Å². The number of aromatic nitrogens is 3. The van der Waals surface area contributed by atoms with E-state index in [0.717, 1.165) is 11.3 Å². The van der Waals surface area contributed by atoms with E-state index in [0.29, 0.717) is 61.0 Å². The molecule has 0 spiro atoms. The second-order valence-corrected chi connectivity index (χ2v) is 6.79. The lowest BCUT2D eigenvalue weighted by atomic mass is 10.1. The van der Waals surface area contributed by atoms with Crippen LogP contribution >= 0.6 is 0 Å². The van der Waals surface area contributed by atoms with E-state index in [4.69, 9.17) is 28.9 Å². The summed E-state index contributed by atoms with van der Waals surface area (Å²) in [7, 11) is 4.81. The summed E-state index contributed by atoms with van der Waals surface area (Å²) in [6.45, 7) is 2.69. The van der Waals surface area contributed by atoms with E-state index in [2.05, 4.69) is 15.2 Å². The van der Waals surface area contributed by atoms with Crippen LogP contribution in [0.2, 0.25) is 0 Å². The minimum absolute atomic E-state index is 0.521. The average Bonchev–Trinajstić information content (AvgIpc) is 2.84. The molecule has 31 heavy (non-hydrogen) atoms. The highest BCUT2D eigenvalue weighted by molar-refractivity contribution is 5.78. The molecule has 3 aromatic rings. The molecule has 0 amide bonds. The summed E-state index contributed by atoms with van der Waals surface area (Å²) in [4.78, 5) is 15.9. The van der Waals surface area contributed by atoms with Gasteiger partial charge in [0.25, 0.3) is 0 Å². The second kappa shape index (κ2) is 9.48. The number of methoxy groups -OCH3 is 3. The van der Waals surface area contributed by atoms with Gasteiger partial charge in [0.05, 0.1) is 46.4 Å². The van der Waals surface area contributed by atoms with Crippen LogP contribution in [0.4, 0.5) is 17.5 Å². The summed E-state index contributed by atoms with van der Waals surface area (Å²) in [5, 5.41) is 3.31. The lowest BCUT2D eigenvalue weighted by Crippen LogP contribution is -2.37. The van der Waals surface area contributed by atoms with E-state index in [1.54, 1.807) is 33.7 Å². The normalized spacial score (nSPS) is 13.6. The van der Waals surface area contributed by atoms with E-state index >= 15 is 0 Å². The van der Waals surface area contributed by atoms with Gasteiger partial charge < -0.3 is 29.2 Å². The first-order chi connectivity index (χ1) is 15.2. The number of nitrogens with zero attached hydrogens (tertiary/aromatic N) is 4. The Morgan fingerprint density at radius 3 is 2.45 bits per heavy atom. The van der Waals surface area contributed by atoms with Gasteiger partial charge in [-0.05, 0) is 30.3 Å². The summed E-state index contributed by atoms with van der Waals surface area (Å²) < 4.78 is 22.1. The van der Waals surface area contributed by atoms with Crippen molar-refractivity contribution in [3.05, 3.63) is 42.7 Å². The van der Waals surface area contributed by atoms with Crippen LogP contribution in [0.1, 0.15) is 0 Å². The predicted molar refractivity (Wildman–Crippen MR) is 118 cm³/mol. The molecule has 0 bridgehead atoms. The summed E-state index contributed by atoms with van der Waals surface area (Å²) in [6.07, 6.45) is 3.45. The zero-order valence-electron chi connectivity index (χ0n) is 17.8. The molecule has 0 radical (unpaired) electrons. The van der Waals surface area contributed by atoms with Crippen LogP contribution in [-0.2, 0) is 4.74 Å². The first-order valence-corrected chi connectivity index (χ1v) is 9.91. The highest BCUT2D eigenvalue weighted by Gasteiger charge is 2.22. The molecule has 1 fully saturated rings. The van der Waals surface area contributed by atoms with Gasteiger partial charge in [-0.25, -0.2) is 4.98 Å². The number of hydrogen-bond acceptors (Lipinski definition) is 9. The van der Waals surface area contributed by atoms with Crippen molar-refractivity contribution in [3.8, 4) is 28.5 Å². The summed E-state index contributed by atoms with van der Waals surface area (Å²) in [6, 6.07) is 9.41. The van der Waals surface area contributed by atoms with Gasteiger partial charge in [0.2, 0.25) is 5.95 Å². The third-order valence-corrected chi connectivity index (χ3v) is 4.93. The second-order valence-electron chi connectivity index (χ2n) is 6.79. The van der Waals surface area contributed by atoms with Crippen molar-refractivity contribution in [1.29, 1.82) is 0 Å². The average molecular weight is 423 g/mol. The van der Waals surface area contributed by atoms with Gasteiger partial charge in [-0.2, -0.15) is 4.98 Å². The molecule has 1 aliphatic rings. The molecule has 1 N–H and O–H groups in total. The van der Waals surface area contributed by atoms with E-state index in [9.17, 15) is 0 Å². The van der Waals surface area contributed by atoms with Crippen molar-refractivity contribution in [2.75, 3.05) is 57.8 Å². The zero-order valence-corrected chi connectivity index (χ0v) is 17.8. The number of benzene rings is 1. The lowest BCUT2D eigenvalue weighted by Gasteiger charge is -2.28. The standard InChI is InChI=1S/C22H25N5O4/c1-28-17-7-6-15(13-18(17)29-2)19-20(30-3)21(24-16-5-4-8-23-14-16)26-22(25-19)27-9-11-31-12-10-27/h4-8,13-14H,9-12H2,1-3H3,(H,24,25,26). The maximum Gasteiger partial charge on any atom is 0.228 e. The van der Waals surface area contributed by atoms with Crippen molar-refractivity contribution in [1.82, 2.24) is 15.0 Å². The molecule has 9 nitrogen and oxygen atoms in total. The molecule has 1 saturated heterocycles. The zero-order chi connectivity index (χ0) is 21.6. The fraction of sp³-hybridized carbons (Fsp3) is 0.318. The number of nitrogens with one attached hydrogen (secondary N) is 1. The van der Waals surface area contributed by atoms with Crippen LogP contribution in [0, 0.1) is 0 Å². The van der Waals surface area contributed by atoms with Crippen LogP contribution in [0.15, 0.2) is 42.7 Å². The van der Waals surface area contributed by atoms with Crippen molar-refractivity contribution in [2.45, 2.75) is 0 Å². The largest absolute Gasteiger partial charge is 0.493 e. The van der Waals surface area contributed by atoms with E-state index in [1.807, 2.05) is 30.3 Å². The van der Waals surface area contributed by atoms with Crippen LogP contribution < -0.4 is 24.4 Å². The van der Waals surface area contributed by atoms with Gasteiger partial charge in [-0.1, -0.05) is 0 Å². The number of pyridine rings is 1. The highest BCUT2D eigenvalue weighted by Crippen LogP contribution is 2.40. The number of anilines is 3. The highest BCUT2D eigenvalue weighted by atomic mass is 16.5. The Bertz CT molecular complexity index is 1030. The van der Waals surface area contributed by atoms with Crippen LogP contribution in [-0.4, -0.2) is 62.6 Å². The van der Waals surface area contributed by atoms with Gasteiger partial charge >= 0.3 is 0 Å². The van der Waals surface area contributed by atoms with Crippen LogP contribution in [0.25, 0.3) is 11.3 Å². The van der Waals surface area contributed by atoms with Gasteiger partial charge in [0.1, 0.15) is 5.69 Å². The molecule has 0 unspecified atom stereocenters. The van der Waals surface area contributed by atoms with Crippen molar-refractivity contribution >= 4 is 17.5 Å². The molecular weight excluding hydrogens is 398 g/mol. The minimum Gasteiger partial charge on any atom is -0.493 e. The number of ether oxygens (including phenoxy) is 4. The molecule has 2 aromatic heterocycles. The minimum atomic E-state index is 0.521. The van der Waals surface area contributed by atoms with Crippen LogP contribution in [0.3, 0.4) is 0 Å². The summed E-state index contributed by atoms with van der Waals surface area (Å²) >= 11 is 0. The number of rotatable bonds is 7. The SMILES string of the molecule is COc1ccc(-c2nc(N3CCOCC3)nc(Nc3cccnc3)c2OC)cc1OC. The van der Waals surface area contributed by atoms with Gasteiger partial charge in [0, 0.05) is 24.8 Å². The molecular formula is C22H25N5O4. The van der Waals surface area contributed by atoms with E-state index < -0.39 is 0 Å². The smallest absolute Gasteiger partial charge is 0.228 e. The molecule has 162 valence electrons. The van der Waals surface area contributed by atoms with E-state index in [1.165, 1.54) is 0 Å². The van der Waals surface area contributed by atoms with Crippen LogP contribution in [0.5, 0.6) is 17.2 Å². The quantitative estimate of drug-likeness (QED) is 0.615. The molecule has 9 heteroatoms. The monoisotopic (exact) mass is 423 g/mol.